The molecule has 1 N–H and O–H groups in total. The molecule has 1 aliphatic carbocycles. The van der Waals surface area contributed by atoms with Crippen molar-refractivity contribution in [2.24, 2.45) is 10.9 Å². The minimum Gasteiger partial charge on any atom is -0.282 e. The molecule has 1 heterocycles. The Morgan fingerprint density at radius 2 is 1.93 bits per heavy atom. The van der Waals surface area contributed by atoms with Gasteiger partial charge < -0.3 is 0 Å². The molecule has 7 heteroatoms. The van der Waals surface area contributed by atoms with Gasteiger partial charge in [-0.05, 0) is 42.0 Å². The van der Waals surface area contributed by atoms with E-state index < -0.39 is 27.1 Å². The standard InChI is InChI=1S/C20H20F2N2O2S/c1-20(12-6-7-12,15-9-8-13(21)10-17(15)22)16-11-23-19-14(16)4-3-5-18(19)24-27(2,25)26/h3-5,8-12,16,24H,6-7H2,1-2H3. The van der Waals surface area contributed by atoms with Crippen molar-refractivity contribution in [3.8, 4) is 0 Å². The molecule has 2 unspecified atom stereocenters. The molecule has 0 amide bonds. The van der Waals surface area contributed by atoms with Crippen LogP contribution in [-0.4, -0.2) is 20.9 Å². The van der Waals surface area contributed by atoms with Crippen LogP contribution in [0.25, 0.3) is 0 Å². The van der Waals surface area contributed by atoms with Gasteiger partial charge in [-0.3, -0.25) is 9.71 Å². The van der Waals surface area contributed by atoms with Gasteiger partial charge in [0.05, 0.1) is 17.6 Å². The second-order valence-corrected chi connectivity index (χ2v) is 9.30. The van der Waals surface area contributed by atoms with Crippen molar-refractivity contribution in [3.05, 3.63) is 59.2 Å². The van der Waals surface area contributed by atoms with Crippen LogP contribution in [0.3, 0.4) is 0 Å². The quantitative estimate of drug-likeness (QED) is 0.817. The minimum atomic E-state index is -3.44. The maximum atomic E-state index is 14.7. The smallest absolute Gasteiger partial charge is 0.229 e. The Hall–Kier alpha value is -2.28. The highest BCUT2D eigenvalue weighted by Gasteiger charge is 2.51. The number of hydrogen-bond donors (Lipinski definition) is 1. The maximum absolute atomic E-state index is 14.7. The van der Waals surface area contributed by atoms with E-state index in [-0.39, 0.29) is 11.8 Å². The van der Waals surface area contributed by atoms with Crippen molar-refractivity contribution in [3.63, 3.8) is 0 Å². The van der Waals surface area contributed by atoms with E-state index in [1.54, 1.807) is 18.3 Å². The van der Waals surface area contributed by atoms with Gasteiger partial charge in [0.1, 0.15) is 11.6 Å². The molecule has 2 aromatic rings. The molecule has 4 rings (SSSR count). The highest BCUT2D eigenvalue weighted by atomic mass is 32.2. The van der Waals surface area contributed by atoms with Crippen LogP contribution in [0, 0.1) is 17.6 Å². The number of sulfonamides is 1. The summed E-state index contributed by atoms with van der Waals surface area (Å²) in [6, 6.07) is 9.04. The predicted molar refractivity (Wildman–Crippen MR) is 102 cm³/mol. The zero-order valence-corrected chi connectivity index (χ0v) is 15.9. The summed E-state index contributed by atoms with van der Waals surface area (Å²) in [5, 5.41) is 0. The van der Waals surface area contributed by atoms with Gasteiger partial charge in [-0.2, -0.15) is 0 Å². The van der Waals surface area contributed by atoms with Crippen LogP contribution in [0.4, 0.5) is 20.2 Å². The third-order valence-electron chi connectivity index (χ3n) is 5.63. The highest BCUT2D eigenvalue weighted by Crippen LogP contribution is 2.57. The maximum Gasteiger partial charge on any atom is 0.229 e. The SMILES string of the molecule is CC(c1ccc(F)cc1F)(C1CC1)C1C=Nc2c(NS(C)(=O)=O)cccc21. The van der Waals surface area contributed by atoms with Crippen LogP contribution in [-0.2, 0) is 15.4 Å². The van der Waals surface area contributed by atoms with E-state index in [1.165, 1.54) is 12.1 Å². The molecule has 0 radical (unpaired) electrons. The Kier molecular flexibility index (Phi) is 4.10. The lowest BCUT2D eigenvalue weighted by molar-refractivity contribution is 0.369. The lowest BCUT2D eigenvalue weighted by Crippen LogP contribution is -2.34. The Labute approximate surface area is 157 Å². The number of hydrogen-bond acceptors (Lipinski definition) is 3. The Morgan fingerprint density at radius 3 is 2.56 bits per heavy atom. The molecule has 2 atom stereocenters. The number of benzene rings is 2. The highest BCUT2D eigenvalue weighted by molar-refractivity contribution is 7.92. The van der Waals surface area contributed by atoms with Crippen molar-refractivity contribution in [1.82, 2.24) is 0 Å². The van der Waals surface area contributed by atoms with Crippen molar-refractivity contribution in [2.45, 2.75) is 31.1 Å². The first-order chi connectivity index (χ1) is 12.7. The van der Waals surface area contributed by atoms with Gasteiger partial charge in [0, 0.05) is 23.6 Å². The molecule has 1 saturated carbocycles. The van der Waals surface area contributed by atoms with E-state index in [2.05, 4.69) is 9.71 Å². The summed E-state index contributed by atoms with van der Waals surface area (Å²) < 4.78 is 53.9. The minimum absolute atomic E-state index is 0.221. The lowest BCUT2D eigenvalue weighted by atomic mass is 9.66. The lowest BCUT2D eigenvalue weighted by Gasteiger charge is -2.36. The van der Waals surface area contributed by atoms with Crippen molar-refractivity contribution in [1.29, 1.82) is 0 Å². The summed E-state index contributed by atoms with van der Waals surface area (Å²) in [7, 11) is -3.44. The van der Waals surface area contributed by atoms with Crippen molar-refractivity contribution >= 4 is 27.6 Å². The summed E-state index contributed by atoms with van der Waals surface area (Å²) in [4.78, 5) is 4.47. The fourth-order valence-corrected chi connectivity index (χ4v) is 4.76. The molecule has 0 bridgehead atoms. The zero-order chi connectivity index (χ0) is 19.4. The molecule has 27 heavy (non-hydrogen) atoms. The van der Waals surface area contributed by atoms with Gasteiger partial charge >= 0.3 is 0 Å². The Morgan fingerprint density at radius 1 is 1.19 bits per heavy atom. The third kappa shape index (κ3) is 3.14. The molecular weight excluding hydrogens is 370 g/mol. The predicted octanol–water partition coefficient (Wildman–Crippen LogP) is 4.50. The van der Waals surface area contributed by atoms with E-state index in [4.69, 9.17) is 0 Å². The third-order valence-corrected chi connectivity index (χ3v) is 6.22. The van der Waals surface area contributed by atoms with Crippen LogP contribution in [0.1, 0.15) is 36.8 Å². The Bertz CT molecular complexity index is 1050. The number of para-hydroxylation sites is 1. The normalized spacial score (nSPS) is 21.0. The monoisotopic (exact) mass is 390 g/mol. The van der Waals surface area contributed by atoms with Gasteiger partial charge in [-0.25, -0.2) is 17.2 Å². The number of nitrogens with one attached hydrogen (secondary N) is 1. The number of anilines is 1. The molecule has 2 aliphatic rings. The number of nitrogens with zero attached hydrogens (tertiary/aromatic N) is 1. The average molecular weight is 390 g/mol. The largest absolute Gasteiger partial charge is 0.282 e. The summed E-state index contributed by atoms with van der Waals surface area (Å²) in [6.07, 6.45) is 4.78. The summed E-state index contributed by atoms with van der Waals surface area (Å²) in [6.45, 7) is 1.99. The summed E-state index contributed by atoms with van der Waals surface area (Å²) >= 11 is 0. The van der Waals surface area contributed by atoms with Gasteiger partial charge in [0.25, 0.3) is 0 Å². The van der Waals surface area contributed by atoms with E-state index in [0.717, 1.165) is 30.7 Å². The number of fused-ring (bicyclic) bond motifs is 1. The number of aliphatic imine (C=N–C) groups is 1. The van der Waals surface area contributed by atoms with E-state index in [9.17, 15) is 17.2 Å². The first kappa shape index (κ1) is 18.1. The molecule has 0 aromatic heterocycles. The molecular formula is C20H20F2N2O2S. The van der Waals surface area contributed by atoms with Crippen LogP contribution < -0.4 is 4.72 Å². The van der Waals surface area contributed by atoms with Crippen LogP contribution >= 0.6 is 0 Å². The molecule has 1 aliphatic heterocycles. The van der Waals surface area contributed by atoms with Gasteiger partial charge in [-0.1, -0.05) is 25.1 Å². The molecule has 142 valence electrons. The topological polar surface area (TPSA) is 58.5 Å². The number of halogens is 2. The average Bonchev–Trinajstić information content (AvgIpc) is 3.33. The Balaban J connectivity index is 1.82. The fourth-order valence-electron chi connectivity index (χ4n) is 4.20. The molecule has 0 spiro atoms. The van der Waals surface area contributed by atoms with Gasteiger partial charge in [-0.15, -0.1) is 0 Å². The van der Waals surface area contributed by atoms with Gasteiger partial charge in [0.2, 0.25) is 10.0 Å². The first-order valence-corrected chi connectivity index (χ1v) is 10.7. The first-order valence-electron chi connectivity index (χ1n) is 8.80. The molecule has 0 saturated heterocycles. The second-order valence-electron chi connectivity index (χ2n) is 7.55. The molecule has 1 fully saturated rings. The molecule has 2 aromatic carbocycles. The fraction of sp³-hybridized carbons (Fsp3) is 0.350. The van der Waals surface area contributed by atoms with E-state index in [1.807, 2.05) is 13.0 Å². The molecule has 4 nitrogen and oxygen atoms in total. The number of rotatable bonds is 5. The van der Waals surface area contributed by atoms with Crippen molar-refractivity contribution < 1.29 is 17.2 Å². The second kappa shape index (κ2) is 6.12. The van der Waals surface area contributed by atoms with Crippen LogP contribution in [0.15, 0.2) is 41.4 Å². The van der Waals surface area contributed by atoms with Crippen molar-refractivity contribution in [2.75, 3.05) is 11.0 Å². The van der Waals surface area contributed by atoms with Gasteiger partial charge in [0.15, 0.2) is 0 Å². The summed E-state index contributed by atoms with van der Waals surface area (Å²) in [5.74, 6) is -1.13. The van der Waals surface area contributed by atoms with E-state index in [0.29, 0.717) is 16.9 Å². The van der Waals surface area contributed by atoms with E-state index >= 15 is 0 Å². The zero-order valence-electron chi connectivity index (χ0n) is 15.0. The summed E-state index contributed by atoms with van der Waals surface area (Å²) in [5.41, 5.74) is 1.70. The van der Waals surface area contributed by atoms with Crippen LogP contribution in [0.2, 0.25) is 0 Å². The van der Waals surface area contributed by atoms with Crippen LogP contribution in [0.5, 0.6) is 0 Å².